The molecule has 0 unspecified atom stereocenters. The SMILES string of the molecule is CCOC(=O)[C@H]1C(=O)C=C(c2cccc(OC)c2)C[C@H]1c1ccc(F)cc1. The second kappa shape index (κ2) is 8.16. The Morgan fingerprint density at radius 3 is 2.59 bits per heavy atom. The predicted molar refractivity (Wildman–Crippen MR) is 99.9 cm³/mol. The summed E-state index contributed by atoms with van der Waals surface area (Å²) in [6.45, 7) is 1.90. The Hall–Kier alpha value is -2.95. The highest BCUT2D eigenvalue weighted by molar-refractivity contribution is 6.10. The number of carbonyl (C=O) groups is 2. The Balaban J connectivity index is 2.02. The lowest BCUT2D eigenvalue weighted by molar-refractivity contribution is -0.151. The van der Waals surface area contributed by atoms with Crippen molar-refractivity contribution >= 4 is 17.3 Å². The number of ether oxygens (including phenoxy) is 2. The van der Waals surface area contributed by atoms with Crippen molar-refractivity contribution in [2.24, 2.45) is 5.92 Å². The van der Waals surface area contributed by atoms with Gasteiger partial charge in [-0.1, -0.05) is 24.3 Å². The van der Waals surface area contributed by atoms with Gasteiger partial charge in [-0.05, 0) is 60.4 Å². The average Bonchev–Trinajstić information content (AvgIpc) is 2.68. The molecule has 1 aliphatic rings. The monoisotopic (exact) mass is 368 g/mol. The van der Waals surface area contributed by atoms with Crippen molar-refractivity contribution in [3.63, 3.8) is 0 Å². The molecule has 2 atom stereocenters. The van der Waals surface area contributed by atoms with Crippen LogP contribution in [0.3, 0.4) is 0 Å². The second-order valence-electron chi connectivity index (χ2n) is 6.40. The van der Waals surface area contributed by atoms with E-state index in [0.29, 0.717) is 12.2 Å². The highest BCUT2D eigenvalue weighted by atomic mass is 19.1. The first-order chi connectivity index (χ1) is 13.0. The van der Waals surface area contributed by atoms with Crippen molar-refractivity contribution in [2.75, 3.05) is 13.7 Å². The van der Waals surface area contributed by atoms with Crippen molar-refractivity contribution in [3.05, 3.63) is 71.6 Å². The van der Waals surface area contributed by atoms with Crippen molar-refractivity contribution in [1.82, 2.24) is 0 Å². The van der Waals surface area contributed by atoms with E-state index in [2.05, 4.69) is 0 Å². The van der Waals surface area contributed by atoms with Gasteiger partial charge >= 0.3 is 5.97 Å². The normalized spacial score (nSPS) is 19.4. The molecule has 0 N–H and O–H groups in total. The lowest BCUT2D eigenvalue weighted by atomic mass is 9.73. The van der Waals surface area contributed by atoms with Crippen LogP contribution in [0.25, 0.3) is 5.57 Å². The molecule has 140 valence electrons. The molecule has 4 nitrogen and oxygen atoms in total. The molecule has 2 aromatic carbocycles. The summed E-state index contributed by atoms with van der Waals surface area (Å²) in [5.41, 5.74) is 2.40. The lowest BCUT2D eigenvalue weighted by Gasteiger charge is -2.29. The Kier molecular flexibility index (Phi) is 5.69. The van der Waals surface area contributed by atoms with E-state index in [9.17, 15) is 14.0 Å². The number of halogens is 1. The van der Waals surface area contributed by atoms with Gasteiger partial charge in [-0.2, -0.15) is 0 Å². The molecule has 0 amide bonds. The molecular weight excluding hydrogens is 347 g/mol. The molecule has 27 heavy (non-hydrogen) atoms. The molecule has 5 heteroatoms. The number of hydrogen-bond acceptors (Lipinski definition) is 4. The molecule has 0 radical (unpaired) electrons. The van der Waals surface area contributed by atoms with Gasteiger partial charge in [0.15, 0.2) is 5.78 Å². The minimum absolute atomic E-state index is 0.200. The summed E-state index contributed by atoms with van der Waals surface area (Å²) in [7, 11) is 1.58. The van der Waals surface area contributed by atoms with Gasteiger partial charge in [0.05, 0.1) is 13.7 Å². The number of hydrogen-bond donors (Lipinski definition) is 0. The fourth-order valence-electron chi connectivity index (χ4n) is 3.43. The van der Waals surface area contributed by atoms with Crippen LogP contribution in [0.4, 0.5) is 4.39 Å². The maximum Gasteiger partial charge on any atom is 0.317 e. The summed E-state index contributed by atoms with van der Waals surface area (Å²) in [6, 6.07) is 13.3. The van der Waals surface area contributed by atoms with Gasteiger partial charge in [0.25, 0.3) is 0 Å². The summed E-state index contributed by atoms with van der Waals surface area (Å²) in [6.07, 6.45) is 1.98. The Morgan fingerprint density at radius 2 is 1.93 bits per heavy atom. The van der Waals surface area contributed by atoms with Crippen molar-refractivity contribution in [3.8, 4) is 5.75 Å². The van der Waals surface area contributed by atoms with E-state index < -0.39 is 17.8 Å². The molecule has 0 spiro atoms. The maximum atomic E-state index is 13.3. The number of methoxy groups -OCH3 is 1. The highest BCUT2D eigenvalue weighted by Crippen LogP contribution is 2.40. The molecule has 0 saturated carbocycles. The first-order valence-corrected chi connectivity index (χ1v) is 8.84. The average molecular weight is 368 g/mol. The summed E-state index contributed by atoms with van der Waals surface area (Å²) in [5.74, 6) is -1.86. The summed E-state index contributed by atoms with van der Waals surface area (Å²) in [4.78, 5) is 25.3. The van der Waals surface area contributed by atoms with E-state index in [1.165, 1.54) is 18.2 Å². The van der Waals surface area contributed by atoms with Gasteiger partial charge in [0, 0.05) is 5.92 Å². The Bertz CT molecular complexity index is 870. The number of esters is 1. The number of benzene rings is 2. The largest absolute Gasteiger partial charge is 0.497 e. The molecule has 0 aromatic heterocycles. The number of rotatable bonds is 5. The molecule has 2 aromatic rings. The molecule has 0 saturated heterocycles. The van der Waals surface area contributed by atoms with Gasteiger partial charge in [-0.3, -0.25) is 9.59 Å². The van der Waals surface area contributed by atoms with E-state index >= 15 is 0 Å². The highest BCUT2D eigenvalue weighted by Gasteiger charge is 2.39. The van der Waals surface area contributed by atoms with Crippen molar-refractivity contribution in [1.29, 1.82) is 0 Å². The summed E-state index contributed by atoms with van der Waals surface area (Å²) >= 11 is 0. The van der Waals surface area contributed by atoms with Crippen molar-refractivity contribution in [2.45, 2.75) is 19.3 Å². The maximum absolute atomic E-state index is 13.3. The third-order valence-corrected chi connectivity index (χ3v) is 4.74. The smallest absolute Gasteiger partial charge is 0.317 e. The lowest BCUT2D eigenvalue weighted by Crippen LogP contribution is -2.34. The molecule has 0 heterocycles. The fourth-order valence-corrected chi connectivity index (χ4v) is 3.43. The fraction of sp³-hybridized carbons (Fsp3) is 0.273. The molecular formula is C22H21FO4. The first kappa shape index (κ1) is 18.8. The van der Waals surface area contributed by atoms with E-state index in [1.54, 1.807) is 26.2 Å². The minimum atomic E-state index is -0.926. The van der Waals surface area contributed by atoms with Crippen molar-refractivity contribution < 1.29 is 23.5 Å². The van der Waals surface area contributed by atoms with Gasteiger partial charge in [-0.25, -0.2) is 4.39 Å². The van der Waals surface area contributed by atoms with Crippen LogP contribution < -0.4 is 4.74 Å². The number of ketones is 1. The molecule has 0 bridgehead atoms. The van der Waals surface area contributed by atoms with E-state index in [4.69, 9.17) is 9.47 Å². The predicted octanol–water partition coefficient (Wildman–Crippen LogP) is 4.15. The zero-order valence-corrected chi connectivity index (χ0v) is 15.3. The van der Waals surface area contributed by atoms with Crippen LogP contribution in [-0.2, 0) is 14.3 Å². The van der Waals surface area contributed by atoms with Crippen LogP contribution in [0.5, 0.6) is 5.75 Å². The van der Waals surface area contributed by atoms with Gasteiger partial charge in [-0.15, -0.1) is 0 Å². The zero-order chi connectivity index (χ0) is 19.4. The molecule has 0 aliphatic heterocycles. The topological polar surface area (TPSA) is 52.6 Å². The molecule has 3 rings (SSSR count). The molecule has 1 aliphatic carbocycles. The Morgan fingerprint density at radius 1 is 1.19 bits per heavy atom. The summed E-state index contributed by atoms with van der Waals surface area (Å²) < 4.78 is 23.7. The van der Waals surface area contributed by atoms with Crippen LogP contribution in [0.1, 0.15) is 30.4 Å². The van der Waals surface area contributed by atoms with Crippen LogP contribution in [0.15, 0.2) is 54.6 Å². The third-order valence-electron chi connectivity index (χ3n) is 4.74. The standard InChI is InChI=1S/C22H21FO4/c1-3-27-22(25)21-19(14-7-9-17(23)10-8-14)12-16(13-20(21)24)15-5-4-6-18(11-15)26-2/h4-11,13,19,21H,3,12H2,1-2H3/t19-,21+/m0/s1. The summed E-state index contributed by atoms with van der Waals surface area (Å²) in [5, 5.41) is 0. The molecule has 0 fully saturated rings. The minimum Gasteiger partial charge on any atom is -0.497 e. The van der Waals surface area contributed by atoms with Gasteiger partial charge in [0.1, 0.15) is 17.5 Å². The number of allylic oxidation sites excluding steroid dienone is 2. The van der Waals surface area contributed by atoms with E-state index in [1.807, 2.05) is 24.3 Å². The van der Waals surface area contributed by atoms with Gasteiger partial charge < -0.3 is 9.47 Å². The van der Waals surface area contributed by atoms with Crippen LogP contribution >= 0.6 is 0 Å². The zero-order valence-electron chi connectivity index (χ0n) is 15.3. The van der Waals surface area contributed by atoms with Crippen LogP contribution in [0.2, 0.25) is 0 Å². The Labute approximate surface area is 157 Å². The second-order valence-corrected chi connectivity index (χ2v) is 6.40. The van der Waals surface area contributed by atoms with Crippen LogP contribution in [-0.4, -0.2) is 25.5 Å². The van der Waals surface area contributed by atoms with Gasteiger partial charge in [0.2, 0.25) is 0 Å². The number of carbonyl (C=O) groups excluding carboxylic acids is 2. The van der Waals surface area contributed by atoms with Crippen LogP contribution in [0, 0.1) is 11.7 Å². The van der Waals surface area contributed by atoms with E-state index in [-0.39, 0.29) is 18.2 Å². The first-order valence-electron chi connectivity index (χ1n) is 8.84. The van der Waals surface area contributed by atoms with E-state index in [0.717, 1.165) is 16.7 Å². The third kappa shape index (κ3) is 4.08. The quantitative estimate of drug-likeness (QED) is 0.588.